The van der Waals surface area contributed by atoms with E-state index in [-0.39, 0.29) is 11.8 Å². The van der Waals surface area contributed by atoms with E-state index in [0.29, 0.717) is 43.9 Å². The maximum atomic E-state index is 12.9. The Labute approximate surface area is 155 Å². The molecule has 4 nitrogen and oxygen atoms in total. The number of carbonyl (C=O) groups excluding carboxylic acids is 2. The van der Waals surface area contributed by atoms with Crippen LogP contribution >= 0.6 is 11.3 Å². The van der Waals surface area contributed by atoms with Crippen LogP contribution in [0.4, 0.5) is 0 Å². The molecule has 1 aliphatic heterocycles. The monoisotopic (exact) mass is 362 g/mol. The number of hydrogen-bond acceptors (Lipinski definition) is 3. The molecule has 1 aliphatic carbocycles. The number of aryl methyl sites for hydroxylation is 1. The summed E-state index contributed by atoms with van der Waals surface area (Å²) in [6.45, 7) is 11.5. The number of nitrogens with zero attached hydrogens (tertiary/aromatic N) is 2. The summed E-state index contributed by atoms with van der Waals surface area (Å²) in [6.07, 6.45) is 3.97. The summed E-state index contributed by atoms with van der Waals surface area (Å²) in [6, 6.07) is 2.14. The Kier molecular flexibility index (Phi) is 5.24. The molecule has 1 saturated heterocycles. The third-order valence-electron chi connectivity index (χ3n) is 5.74. The second kappa shape index (κ2) is 7.10. The van der Waals surface area contributed by atoms with Crippen LogP contribution in [0, 0.1) is 11.3 Å². The van der Waals surface area contributed by atoms with Crippen molar-refractivity contribution >= 4 is 23.2 Å². The SMILES string of the molecule is CCC(=O)N1CCN(C(=O)c2cc3c(s2)CCC(C(C)(C)C)C3)CC1. The van der Waals surface area contributed by atoms with E-state index < -0.39 is 0 Å². The second-order valence-corrected chi connectivity index (χ2v) is 9.53. The van der Waals surface area contributed by atoms with Crippen LogP contribution in [0.2, 0.25) is 0 Å². The number of rotatable bonds is 2. The minimum atomic E-state index is 0.148. The third kappa shape index (κ3) is 3.91. The fraction of sp³-hybridized carbons (Fsp3) is 0.700. The van der Waals surface area contributed by atoms with E-state index in [1.165, 1.54) is 16.9 Å². The molecule has 0 radical (unpaired) electrons. The van der Waals surface area contributed by atoms with Gasteiger partial charge in [0.05, 0.1) is 4.88 Å². The summed E-state index contributed by atoms with van der Waals surface area (Å²) in [5.74, 6) is 1.03. The summed E-state index contributed by atoms with van der Waals surface area (Å²) in [7, 11) is 0. The quantitative estimate of drug-likeness (QED) is 0.807. The molecular weight excluding hydrogens is 332 g/mol. The lowest BCUT2D eigenvalue weighted by Crippen LogP contribution is -2.50. The molecular formula is C20H30N2O2S. The summed E-state index contributed by atoms with van der Waals surface area (Å²) >= 11 is 1.69. The zero-order chi connectivity index (χ0) is 18.2. The first-order valence-electron chi connectivity index (χ1n) is 9.48. The van der Waals surface area contributed by atoms with Crippen LogP contribution in [0.1, 0.15) is 60.6 Å². The highest BCUT2D eigenvalue weighted by atomic mass is 32.1. The van der Waals surface area contributed by atoms with Crippen LogP contribution in [0.5, 0.6) is 0 Å². The minimum Gasteiger partial charge on any atom is -0.339 e. The van der Waals surface area contributed by atoms with Crippen molar-refractivity contribution in [2.24, 2.45) is 11.3 Å². The highest BCUT2D eigenvalue weighted by molar-refractivity contribution is 7.14. The molecule has 1 unspecified atom stereocenters. The van der Waals surface area contributed by atoms with Gasteiger partial charge in [-0.3, -0.25) is 9.59 Å². The van der Waals surface area contributed by atoms with Gasteiger partial charge in [0.15, 0.2) is 0 Å². The average molecular weight is 363 g/mol. The molecule has 5 heteroatoms. The topological polar surface area (TPSA) is 40.6 Å². The largest absolute Gasteiger partial charge is 0.339 e. The number of piperazine rings is 1. The zero-order valence-corrected chi connectivity index (χ0v) is 16.7. The lowest BCUT2D eigenvalue weighted by molar-refractivity contribution is -0.132. The first-order chi connectivity index (χ1) is 11.8. The van der Waals surface area contributed by atoms with Crippen molar-refractivity contribution in [3.63, 3.8) is 0 Å². The van der Waals surface area contributed by atoms with Crippen molar-refractivity contribution in [3.05, 3.63) is 21.4 Å². The van der Waals surface area contributed by atoms with Gasteiger partial charge in [-0.05, 0) is 42.2 Å². The van der Waals surface area contributed by atoms with Crippen LogP contribution in [0.25, 0.3) is 0 Å². The van der Waals surface area contributed by atoms with E-state index >= 15 is 0 Å². The number of hydrogen-bond donors (Lipinski definition) is 0. The Morgan fingerprint density at radius 3 is 2.40 bits per heavy atom. The highest BCUT2D eigenvalue weighted by Crippen LogP contribution is 2.40. The molecule has 2 aliphatic rings. The van der Waals surface area contributed by atoms with Gasteiger partial charge in [0.1, 0.15) is 0 Å². The molecule has 1 fully saturated rings. The normalized spacial score (nSPS) is 21.2. The lowest BCUT2D eigenvalue weighted by atomic mass is 9.72. The van der Waals surface area contributed by atoms with Gasteiger partial charge in [-0.1, -0.05) is 27.7 Å². The van der Waals surface area contributed by atoms with Crippen LogP contribution in [0.15, 0.2) is 6.07 Å². The predicted molar refractivity (Wildman–Crippen MR) is 102 cm³/mol. The molecule has 0 bridgehead atoms. The van der Waals surface area contributed by atoms with Crippen LogP contribution < -0.4 is 0 Å². The van der Waals surface area contributed by atoms with Crippen molar-refractivity contribution in [2.45, 2.75) is 53.4 Å². The molecule has 0 N–H and O–H groups in total. The maximum absolute atomic E-state index is 12.9. The summed E-state index contributed by atoms with van der Waals surface area (Å²) in [5.41, 5.74) is 1.71. The standard InChI is InChI=1S/C20H30N2O2S/c1-5-18(23)21-8-10-22(11-9-21)19(24)17-13-14-12-15(20(2,3)4)6-7-16(14)25-17/h13,15H,5-12H2,1-4H3. The van der Waals surface area contributed by atoms with Gasteiger partial charge in [0.25, 0.3) is 5.91 Å². The Balaban J connectivity index is 1.65. The van der Waals surface area contributed by atoms with Gasteiger partial charge in [0.2, 0.25) is 5.91 Å². The molecule has 138 valence electrons. The lowest BCUT2D eigenvalue weighted by Gasteiger charge is -2.34. The molecule has 3 rings (SSSR count). The van der Waals surface area contributed by atoms with Gasteiger partial charge in [-0.25, -0.2) is 0 Å². The maximum Gasteiger partial charge on any atom is 0.264 e. The predicted octanol–water partition coefficient (Wildman–Crippen LogP) is 3.59. The Hall–Kier alpha value is -1.36. The number of carbonyl (C=O) groups is 2. The molecule has 0 aromatic carbocycles. The Morgan fingerprint density at radius 2 is 1.80 bits per heavy atom. The van der Waals surface area contributed by atoms with E-state index in [0.717, 1.165) is 17.7 Å². The molecule has 1 aromatic rings. The highest BCUT2D eigenvalue weighted by Gasteiger charge is 2.31. The average Bonchev–Trinajstić information content (AvgIpc) is 3.03. The molecule has 2 heterocycles. The van der Waals surface area contributed by atoms with Crippen LogP contribution in [0.3, 0.4) is 0 Å². The Morgan fingerprint density at radius 1 is 1.16 bits per heavy atom. The molecule has 2 amide bonds. The first kappa shape index (κ1) is 18.4. The first-order valence-corrected chi connectivity index (χ1v) is 10.3. The van der Waals surface area contributed by atoms with Crippen molar-refractivity contribution in [2.75, 3.05) is 26.2 Å². The molecule has 25 heavy (non-hydrogen) atoms. The van der Waals surface area contributed by atoms with Gasteiger partial charge in [-0.2, -0.15) is 0 Å². The van der Waals surface area contributed by atoms with Crippen LogP contribution in [-0.2, 0) is 17.6 Å². The molecule has 1 atom stereocenters. The molecule has 0 saturated carbocycles. The van der Waals surface area contributed by atoms with Gasteiger partial charge in [0, 0.05) is 37.5 Å². The van der Waals surface area contributed by atoms with Crippen molar-refractivity contribution < 1.29 is 9.59 Å². The Bertz CT molecular complexity index is 651. The number of amides is 2. The van der Waals surface area contributed by atoms with Gasteiger partial charge in [-0.15, -0.1) is 11.3 Å². The van der Waals surface area contributed by atoms with Crippen molar-refractivity contribution in [1.82, 2.24) is 9.80 Å². The van der Waals surface area contributed by atoms with E-state index in [1.807, 2.05) is 16.7 Å². The van der Waals surface area contributed by atoms with Crippen molar-refractivity contribution in [1.29, 1.82) is 0 Å². The smallest absolute Gasteiger partial charge is 0.264 e. The third-order valence-corrected chi connectivity index (χ3v) is 6.97. The summed E-state index contributed by atoms with van der Waals surface area (Å²) < 4.78 is 0. The molecule has 1 aromatic heterocycles. The number of thiophene rings is 1. The minimum absolute atomic E-state index is 0.148. The fourth-order valence-corrected chi connectivity index (χ4v) is 5.08. The fourth-order valence-electron chi connectivity index (χ4n) is 3.91. The van der Waals surface area contributed by atoms with E-state index in [4.69, 9.17) is 0 Å². The number of fused-ring (bicyclic) bond motifs is 1. The zero-order valence-electron chi connectivity index (χ0n) is 15.9. The van der Waals surface area contributed by atoms with Gasteiger partial charge < -0.3 is 9.80 Å². The molecule has 0 spiro atoms. The van der Waals surface area contributed by atoms with Crippen LogP contribution in [-0.4, -0.2) is 47.8 Å². The van der Waals surface area contributed by atoms with E-state index in [2.05, 4.69) is 26.8 Å². The van der Waals surface area contributed by atoms with Gasteiger partial charge >= 0.3 is 0 Å². The van der Waals surface area contributed by atoms with Crippen molar-refractivity contribution in [3.8, 4) is 0 Å². The summed E-state index contributed by atoms with van der Waals surface area (Å²) in [5, 5.41) is 0. The van der Waals surface area contributed by atoms with E-state index in [9.17, 15) is 9.59 Å². The summed E-state index contributed by atoms with van der Waals surface area (Å²) in [4.78, 5) is 30.7. The van der Waals surface area contributed by atoms with E-state index in [1.54, 1.807) is 11.3 Å². The second-order valence-electron chi connectivity index (χ2n) is 8.39.